The molecule has 0 N–H and O–H groups in total. The fraction of sp³-hybridized carbons (Fsp3) is 0.385. The van der Waals surface area contributed by atoms with Gasteiger partial charge in [0.05, 0.1) is 22.3 Å². The van der Waals surface area contributed by atoms with Gasteiger partial charge in [0.25, 0.3) is 0 Å². The van der Waals surface area contributed by atoms with Crippen molar-refractivity contribution >= 4 is 22.8 Å². The first-order valence-corrected chi connectivity index (χ1v) is 7.72. The van der Waals surface area contributed by atoms with E-state index in [1.165, 1.54) is 0 Å². The molecule has 8 heteroatoms. The third-order valence-corrected chi connectivity index (χ3v) is 4.60. The predicted octanol–water partition coefficient (Wildman–Crippen LogP) is 1.000. The van der Waals surface area contributed by atoms with Gasteiger partial charge in [-0.3, -0.25) is 9.38 Å². The number of likely N-dealkylation sites (N-methyl/N-ethyl adjacent to an activating group) is 1. The summed E-state index contributed by atoms with van der Waals surface area (Å²) < 4.78 is 1.99. The van der Waals surface area contributed by atoms with Crippen LogP contribution in [0.4, 0.5) is 5.82 Å². The summed E-state index contributed by atoms with van der Waals surface area (Å²) in [5.74, 6) is 0.911. The van der Waals surface area contributed by atoms with Gasteiger partial charge in [0.2, 0.25) is 5.65 Å². The second-order valence-electron chi connectivity index (χ2n) is 5.15. The largest absolute Gasteiger partial charge is 0.351 e. The van der Waals surface area contributed by atoms with Gasteiger partial charge in [-0.05, 0) is 7.05 Å². The molecule has 0 unspecified atom stereocenters. The van der Waals surface area contributed by atoms with Gasteiger partial charge in [0, 0.05) is 32.4 Å². The molecule has 0 bridgehead atoms. The lowest BCUT2D eigenvalue weighted by atomic mass is 10.3. The Labute approximate surface area is 125 Å². The summed E-state index contributed by atoms with van der Waals surface area (Å²) in [6.07, 6.45) is 5.47. The van der Waals surface area contributed by atoms with Crippen LogP contribution in [0, 0.1) is 0 Å². The zero-order valence-corrected chi connectivity index (χ0v) is 12.5. The minimum absolute atomic E-state index is 0.811. The van der Waals surface area contributed by atoms with E-state index in [2.05, 4.69) is 37.0 Å². The first-order valence-electron chi connectivity index (χ1n) is 6.84. The lowest BCUT2D eigenvalue weighted by Crippen LogP contribution is -2.45. The molecule has 0 aliphatic carbocycles. The molecule has 108 valence electrons. The fourth-order valence-corrected chi connectivity index (χ4v) is 3.20. The van der Waals surface area contributed by atoms with Gasteiger partial charge in [-0.1, -0.05) is 0 Å². The molecule has 3 aromatic heterocycles. The first-order chi connectivity index (χ1) is 10.3. The SMILES string of the molecule is CN1CCN(c2ncc(-c3cncs3)n3cnnc23)CC1. The summed E-state index contributed by atoms with van der Waals surface area (Å²) in [5.41, 5.74) is 3.61. The molecule has 0 saturated carbocycles. The zero-order chi connectivity index (χ0) is 14.2. The lowest BCUT2D eigenvalue weighted by Gasteiger charge is -2.33. The average Bonchev–Trinajstić information content (AvgIpc) is 3.19. The number of fused-ring (bicyclic) bond motifs is 1. The summed E-state index contributed by atoms with van der Waals surface area (Å²) in [5, 5.41) is 8.33. The zero-order valence-electron chi connectivity index (χ0n) is 11.7. The van der Waals surface area contributed by atoms with Crippen molar-refractivity contribution in [3.63, 3.8) is 0 Å². The smallest absolute Gasteiger partial charge is 0.204 e. The number of rotatable bonds is 2. The van der Waals surface area contributed by atoms with Gasteiger partial charge < -0.3 is 9.80 Å². The number of aromatic nitrogens is 5. The Morgan fingerprint density at radius 2 is 2.00 bits per heavy atom. The Morgan fingerprint density at radius 3 is 2.76 bits per heavy atom. The summed E-state index contributed by atoms with van der Waals surface area (Å²) in [4.78, 5) is 14.4. The van der Waals surface area contributed by atoms with E-state index < -0.39 is 0 Å². The summed E-state index contributed by atoms with van der Waals surface area (Å²) in [7, 11) is 2.14. The van der Waals surface area contributed by atoms with Crippen LogP contribution in [0.15, 0.2) is 24.2 Å². The van der Waals surface area contributed by atoms with Crippen LogP contribution in [0.25, 0.3) is 16.2 Å². The van der Waals surface area contributed by atoms with Crippen LogP contribution in [-0.4, -0.2) is 62.7 Å². The Morgan fingerprint density at radius 1 is 1.14 bits per heavy atom. The number of hydrogen-bond acceptors (Lipinski definition) is 7. The van der Waals surface area contributed by atoms with E-state index in [4.69, 9.17) is 0 Å². The molecule has 0 radical (unpaired) electrons. The molecule has 7 nitrogen and oxygen atoms in total. The van der Waals surface area contributed by atoms with Gasteiger partial charge >= 0.3 is 0 Å². The van der Waals surface area contributed by atoms with Crippen molar-refractivity contribution in [2.24, 2.45) is 0 Å². The van der Waals surface area contributed by atoms with Crippen LogP contribution < -0.4 is 4.90 Å². The number of anilines is 1. The first kappa shape index (κ1) is 12.7. The monoisotopic (exact) mass is 301 g/mol. The van der Waals surface area contributed by atoms with Crippen LogP contribution in [-0.2, 0) is 0 Å². The predicted molar refractivity (Wildman–Crippen MR) is 81.6 cm³/mol. The molecule has 4 rings (SSSR count). The van der Waals surface area contributed by atoms with Crippen LogP contribution in [0.5, 0.6) is 0 Å². The van der Waals surface area contributed by atoms with Gasteiger partial charge in [0.1, 0.15) is 6.33 Å². The van der Waals surface area contributed by atoms with Crippen molar-refractivity contribution in [1.82, 2.24) is 29.5 Å². The topological polar surface area (TPSA) is 62.5 Å². The lowest BCUT2D eigenvalue weighted by molar-refractivity contribution is 0.312. The van der Waals surface area contributed by atoms with Crippen molar-refractivity contribution in [3.8, 4) is 10.6 Å². The second-order valence-corrected chi connectivity index (χ2v) is 6.03. The van der Waals surface area contributed by atoms with Crippen LogP contribution in [0.2, 0.25) is 0 Å². The van der Waals surface area contributed by atoms with Crippen molar-refractivity contribution in [3.05, 3.63) is 24.2 Å². The minimum Gasteiger partial charge on any atom is -0.351 e. The number of hydrogen-bond donors (Lipinski definition) is 0. The molecule has 1 saturated heterocycles. The van der Waals surface area contributed by atoms with E-state index in [9.17, 15) is 0 Å². The molecule has 4 heterocycles. The normalized spacial score (nSPS) is 16.7. The second kappa shape index (κ2) is 5.05. The molecular weight excluding hydrogens is 286 g/mol. The third kappa shape index (κ3) is 2.16. The summed E-state index contributed by atoms with van der Waals surface area (Å²) in [6.45, 7) is 4.01. The molecule has 0 aromatic carbocycles. The van der Waals surface area contributed by atoms with Gasteiger partial charge in [-0.25, -0.2) is 4.98 Å². The Balaban J connectivity index is 1.78. The van der Waals surface area contributed by atoms with Crippen molar-refractivity contribution in [1.29, 1.82) is 0 Å². The van der Waals surface area contributed by atoms with E-state index in [1.54, 1.807) is 17.7 Å². The highest BCUT2D eigenvalue weighted by Crippen LogP contribution is 2.27. The van der Waals surface area contributed by atoms with Gasteiger partial charge in [-0.2, -0.15) is 0 Å². The summed E-state index contributed by atoms with van der Waals surface area (Å²) >= 11 is 1.59. The van der Waals surface area contributed by atoms with Gasteiger partial charge in [0.15, 0.2) is 5.82 Å². The van der Waals surface area contributed by atoms with Crippen molar-refractivity contribution in [2.75, 3.05) is 38.1 Å². The molecule has 0 amide bonds. The van der Waals surface area contributed by atoms with Crippen molar-refractivity contribution in [2.45, 2.75) is 0 Å². The van der Waals surface area contributed by atoms with Crippen molar-refractivity contribution < 1.29 is 0 Å². The summed E-state index contributed by atoms with van der Waals surface area (Å²) in [6, 6.07) is 0. The maximum atomic E-state index is 4.65. The third-order valence-electron chi connectivity index (χ3n) is 3.80. The van der Waals surface area contributed by atoms with Gasteiger partial charge in [-0.15, -0.1) is 21.5 Å². The number of piperazine rings is 1. The molecule has 1 fully saturated rings. The van der Waals surface area contributed by atoms with E-state index in [-0.39, 0.29) is 0 Å². The molecule has 21 heavy (non-hydrogen) atoms. The van der Waals surface area contributed by atoms with E-state index >= 15 is 0 Å². The Kier molecular flexibility index (Phi) is 3.04. The number of nitrogens with zero attached hydrogens (tertiary/aromatic N) is 7. The maximum absolute atomic E-state index is 4.65. The van der Waals surface area contributed by atoms with E-state index in [0.717, 1.165) is 48.2 Å². The highest BCUT2D eigenvalue weighted by molar-refractivity contribution is 7.13. The molecule has 0 spiro atoms. The Bertz CT molecular complexity index is 743. The van der Waals surface area contributed by atoms with E-state index in [0.29, 0.717) is 0 Å². The van der Waals surface area contributed by atoms with Crippen LogP contribution in [0.3, 0.4) is 0 Å². The van der Waals surface area contributed by atoms with Crippen LogP contribution in [0.1, 0.15) is 0 Å². The number of thiazole rings is 1. The van der Waals surface area contributed by atoms with E-state index in [1.807, 2.05) is 22.3 Å². The average molecular weight is 301 g/mol. The molecule has 1 aliphatic heterocycles. The fourth-order valence-electron chi connectivity index (χ4n) is 2.57. The highest BCUT2D eigenvalue weighted by atomic mass is 32.1. The molecule has 3 aromatic rings. The Hall–Kier alpha value is -2.06. The highest BCUT2D eigenvalue weighted by Gasteiger charge is 2.20. The molecule has 1 aliphatic rings. The quantitative estimate of drug-likeness (QED) is 0.704. The van der Waals surface area contributed by atoms with Crippen LogP contribution >= 0.6 is 11.3 Å². The molecule has 0 atom stereocenters. The minimum atomic E-state index is 0.811. The standard InChI is InChI=1S/C13H15N7S/c1-18-2-4-19(5-3-18)12-13-17-16-8-20(13)10(6-15-12)11-7-14-9-21-11/h6-9H,2-5H2,1H3. The maximum Gasteiger partial charge on any atom is 0.204 e. The molecular formula is C13H15N7S.